The number of rotatable bonds is 8. The maximum Gasteiger partial charge on any atom is 0.132 e. The fraction of sp³-hybridized carbons (Fsp3) is 0.276. The Bertz CT molecular complexity index is 1060. The average Bonchev–Trinajstić information content (AvgIpc) is 2.76. The summed E-state index contributed by atoms with van der Waals surface area (Å²) in [5.74, 6) is 1.12. The normalized spacial score (nSPS) is 12.5. The maximum atomic E-state index is 11.4. The molecule has 0 fully saturated rings. The smallest absolute Gasteiger partial charge is 0.132 e. The Hall–Kier alpha value is -3.13. The Kier molecular flexibility index (Phi) is 7.46. The lowest BCUT2D eigenvalue weighted by molar-refractivity contribution is -0.120. The summed E-state index contributed by atoms with van der Waals surface area (Å²) in [6.45, 7) is 10.5. The van der Waals surface area contributed by atoms with Crippen LogP contribution < -0.4 is 4.74 Å². The molecule has 0 heterocycles. The number of aryl methyl sites for hydroxylation is 2. The third kappa shape index (κ3) is 6.18. The number of Topliss-reactive ketones (excluding diaryl/α,β-unsaturated/α-hetero) is 1. The molecule has 2 heteroatoms. The number of ketones is 1. The van der Waals surface area contributed by atoms with Gasteiger partial charge in [0.2, 0.25) is 0 Å². The SMILES string of the molecule is CC(=O)C(C)Cc1ccc(OC/C=C(\C)c2ccc(-c3cc(C)ccc3C)cc2)cc1. The lowest BCUT2D eigenvalue weighted by Crippen LogP contribution is -2.09. The molecule has 0 saturated heterocycles. The van der Waals surface area contributed by atoms with Gasteiger partial charge in [0.05, 0.1) is 0 Å². The van der Waals surface area contributed by atoms with Gasteiger partial charge < -0.3 is 4.74 Å². The van der Waals surface area contributed by atoms with Crippen molar-refractivity contribution in [1.82, 2.24) is 0 Å². The molecule has 0 saturated carbocycles. The minimum absolute atomic E-state index is 0.0542. The van der Waals surface area contributed by atoms with Gasteiger partial charge in [-0.3, -0.25) is 4.79 Å². The van der Waals surface area contributed by atoms with Crippen LogP contribution in [0.5, 0.6) is 5.75 Å². The second-order valence-electron chi connectivity index (χ2n) is 8.45. The molecule has 0 amide bonds. The van der Waals surface area contributed by atoms with Crippen molar-refractivity contribution in [1.29, 1.82) is 0 Å². The highest BCUT2D eigenvalue weighted by molar-refractivity contribution is 5.78. The molecule has 0 spiro atoms. The summed E-state index contributed by atoms with van der Waals surface area (Å²) in [7, 11) is 0. The van der Waals surface area contributed by atoms with E-state index < -0.39 is 0 Å². The highest BCUT2D eigenvalue weighted by Gasteiger charge is 2.08. The van der Waals surface area contributed by atoms with Crippen LogP contribution in [0, 0.1) is 19.8 Å². The van der Waals surface area contributed by atoms with Crippen LogP contribution in [0.4, 0.5) is 0 Å². The summed E-state index contributed by atoms with van der Waals surface area (Å²) in [4.78, 5) is 11.4. The Morgan fingerprint density at radius 2 is 1.61 bits per heavy atom. The lowest BCUT2D eigenvalue weighted by atomic mass is 9.96. The van der Waals surface area contributed by atoms with Crippen molar-refractivity contribution in [2.45, 2.75) is 41.0 Å². The van der Waals surface area contributed by atoms with E-state index in [9.17, 15) is 4.79 Å². The standard InChI is InChI=1S/C29H32O2/c1-20-6-7-22(3)29(18-20)27-12-10-26(11-13-27)21(2)16-17-31-28-14-8-25(9-15-28)19-23(4)24(5)30/h6-16,18,23H,17,19H2,1-5H3/b21-16+. The first-order chi connectivity index (χ1) is 14.8. The number of hydrogen-bond acceptors (Lipinski definition) is 2. The van der Waals surface area contributed by atoms with Gasteiger partial charge in [0.1, 0.15) is 18.1 Å². The lowest BCUT2D eigenvalue weighted by Gasteiger charge is -2.10. The van der Waals surface area contributed by atoms with Crippen molar-refractivity contribution in [3.63, 3.8) is 0 Å². The summed E-state index contributed by atoms with van der Waals surface area (Å²) in [5, 5.41) is 0. The monoisotopic (exact) mass is 412 g/mol. The Morgan fingerprint density at radius 1 is 0.935 bits per heavy atom. The van der Waals surface area contributed by atoms with Crippen LogP contribution in [0.25, 0.3) is 16.7 Å². The van der Waals surface area contributed by atoms with Crippen molar-refractivity contribution < 1.29 is 9.53 Å². The van der Waals surface area contributed by atoms with Crippen LogP contribution in [-0.4, -0.2) is 12.4 Å². The van der Waals surface area contributed by atoms with E-state index in [2.05, 4.69) is 69.3 Å². The number of carbonyl (C=O) groups excluding carboxylic acids is 1. The molecule has 0 aromatic heterocycles. The van der Waals surface area contributed by atoms with Gasteiger partial charge in [-0.15, -0.1) is 0 Å². The van der Waals surface area contributed by atoms with Gasteiger partial charge in [-0.1, -0.05) is 67.1 Å². The van der Waals surface area contributed by atoms with Gasteiger partial charge in [-0.25, -0.2) is 0 Å². The van der Waals surface area contributed by atoms with E-state index in [1.807, 2.05) is 31.2 Å². The fourth-order valence-corrected chi connectivity index (χ4v) is 3.56. The molecule has 3 aromatic rings. The van der Waals surface area contributed by atoms with Crippen LogP contribution in [-0.2, 0) is 11.2 Å². The van der Waals surface area contributed by atoms with Crippen LogP contribution in [0.2, 0.25) is 0 Å². The maximum absolute atomic E-state index is 11.4. The number of benzene rings is 3. The number of allylic oxidation sites excluding steroid dienone is 1. The van der Waals surface area contributed by atoms with Gasteiger partial charge in [0, 0.05) is 5.92 Å². The second-order valence-corrected chi connectivity index (χ2v) is 8.45. The van der Waals surface area contributed by atoms with E-state index in [1.165, 1.54) is 33.4 Å². The van der Waals surface area contributed by atoms with E-state index in [1.54, 1.807) is 6.92 Å². The van der Waals surface area contributed by atoms with Gasteiger partial charge in [0.15, 0.2) is 0 Å². The summed E-state index contributed by atoms with van der Waals surface area (Å²) in [5.41, 5.74) is 8.65. The molecule has 3 rings (SSSR count). The van der Waals surface area contributed by atoms with Crippen molar-refractivity contribution in [2.75, 3.05) is 6.61 Å². The quantitative estimate of drug-likeness (QED) is 0.390. The van der Waals surface area contributed by atoms with Gasteiger partial charge in [-0.05, 0) is 85.7 Å². The second kappa shape index (κ2) is 10.3. The summed E-state index contributed by atoms with van der Waals surface area (Å²) in [6, 6.07) is 23.3. The molecular formula is C29H32O2. The van der Waals surface area contributed by atoms with Crippen molar-refractivity contribution in [3.8, 4) is 16.9 Å². The molecule has 1 atom stereocenters. The predicted molar refractivity (Wildman–Crippen MR) is 130 cm³/mol. The summed E-state index contributed by atoms with van der Waals surface area (Å²) < 4.78 is 5.88. The largest absolute Gasteiger partial charge is 0.490 e. The molecule has 2 nitrogen and oxygen atoms in total. The minimum atomic E-state index is 0.0542. The van der Waals surface area contributed by atoms with Gasteiger partial charge >= 0.3 is 0 Å². The number of hydrogen-bond donors (Lipinski definition) is 0. The highest BCUT2D eigenvalue weighted by Crippen LogP contribution is 2.26. The first kappa shape index (κ1) is 22.6. The van der Waals surface area contributed by atoms with Crippen molar-refractivity contribution in [2.24, 2.45) is 5.92 Å². The molecule has 0 aliphatic heterocycles. The zero-order valence-corrected chi connectivity index (χ0v) is 19.2. The minimum Gasteiger partial charge on any atom is -0.490 e. The molecule has 0 aliphatic rings. The van der Waals surface area contributed by atoms with Crippen LogP contribution in [0.15, 0.2) is 72.8 Å². The van der Waals surface area contributed by atoms with Gasteiger partial charge in [0.25, 0.3) is 0 Å². The molecule has 0 N–H and O–H groups in total. The molecule has 31 heavy (non-hydrogen) atoms. The Labute approximate surface area is 186 Å². The third-order valence-electron chi connectivity index (χ3n) is 5.84. The Morgan fingerprint density at radius 3 is 2.26 bits per heavy atom. The zero-order chi connectivity index (χ0) is 22.4. The van der Waals surface area contributed by atoms with Gasteiger partial charge in [-0.2, -0.15) is 0 Å². The molecular weight excluding hydrogens is 380 g/mol. The Balaban J connectivity index is 1.59. The van der Waals surface area contributed by atoms with Crippen molar-refractivity contribution >= 4 is 11.4 Å². The van der Waals surface area contributed by atoms with Crippen LogP contribution in [0.3, 0.4) is 0 Å². The molecule has 0 radical (unpaired) electrons. The molecule has 3 aromatic carbocycles. The van der Waals surface area contributed by atoms with E-state index in [4.69, 9.17) is 4.74 Å². The summed E-state index contributed by atoms with van der Waals surface area (Å²) in [6.07, 6.45) is 2.88. The van der Waals surface area contributed by atoms with E-state index in [-0.39, 0.29) is 11.7 Å². The predicted octanol–water partition coefficient (Wildman–Crippen LogP) is 7.22. The number of carbonyl (C=O) groups is 1. The molecule has 0 bridgehead atoms. The third-order valence-corrected chi connectivity index (χ3v) is 5.84. The van der Waals surface area contributed by atoms with E-state index >= 15 is 0 Å². The average molecular weight is 413 g/mol. The molecule has 160 valence electrons. The first-order valence-electron chi connectivity index (χ1n) is 10.9. The highest BCUT2D eigenvalue weighted by atomic mass is 16.5. The summed E-state index contributed by atoms with van der Waals surface area (Å²) >= 11 is 0. The number of ether oxygens (including phenoxy) is 1. The fourth-order valence-electron chi connectivity index (χ4n) is 3.56. The van der Waals surface area contributed by atoms with E-state index in [0.717, 1.165) is 17.7 Å². The topological polar surface area (TPSA) is 26.3 Å². The molecule has 0 aliphatic carbocycles. The van der Waals surface area contributed by atoms with Crippen LogP contribution >= 0.6 is 0 Å². The van der Waals surface area contributed by atoms with E-state index in [0.29, 0.717) is 6.61 Å². The molecule has 1 unspecified atom stereocenters. The first-order valence-corrected chi connectivity index (χ1v) is 10.9. The zero-order valence-electron chi connectivity index (χ0n) is 19.2. The van der Waals surface area contributed by atoms with Crippen molar-refractivity contribution in [3.05, 3.63) is 95.1 Å². The van der Waals surface area contributed by atoms with Crippen LogP contribution in [0.1, 0.15) is 43.0 Å².